The van der Waals surface area contributed by atoms with Crippen LogP contribution < -0.4 is 0 Å². The summed E-state index contributed by atoms with van der Waals surface area (Å²) in [7, 11) is 0. The first-order chi connectivity index (χ1) is 18.2. The van der Waals surface area contributed by atoms with E-state index in [-0.39, 0.29) is 0 Å². The van der Waals surface area contributed by atoms with Crippen molar-refractivity contribution in [1.29, 1.82) is 0 Å². The highest BCUT2D eigenvalue weighted by atomic mass is 15.5. The molecule has 0 spiro atoms. The number of hydrogen-bond donors (Lipinski definition) is 0. The zero-order valence-corrected chi connectivity index (χ0v) is 21.9. The highest BCUT2D eigenvalue weighted by molar-refractivity contribution is 6.41. The summed E-state index contributed by atoms with van der Waals surface area (Å²) in [6.45, 7) is 7.19. The lowest BCUT2D eigenvalue weighted by molar-refractivity contribution is 0.267. The van der Waals surface area contributed by atoms with E-state index in [0.717, 1.165) is 44.0 Å². The highest BCUT2D eigenvalue weighted by Crippen LogP contribution is 2.14. The average molecular weight is 489 g/mol. The number of rotatable bonds is 12. The summed E-state index contributed by atoms with van der Waals surface area (Å²) in [5.74, 6) is 0. The van der Waals surface area contributed by atoms with Gasteiger partial charge >= 0.3 is 0 Å². The molecular formula is C33H36N4. The van der Waals surface area contributed by atoms with Gasteiger partial charge in [-0.05, 0) is 35.6 Å². The Kier molecular flexibility index (Phi) is 9.65. The minimum absolute atomic E-state index is 0.738. The van der Waals surface area contributed by atoms with Gasteiger partial charge < -0.3 is 0 Å². The summed E-state index contributed by atoms with van der Waals surface area (Å²) < 4.78 is 0. The van der Waals surface area contributed by atoms with E-state index in [1.54, 1.807) is 0 Å². The molecule has 37 heavy (non-hydrogen) atoms. The summed E-state index contributed by atoms with van der Waals surface area (Å²) in [6.07, 6.45) is 0.805. The van der Waals surface area contributed by atoms with E-state index in [9.17, 15) is 0 Å². The standard InChI is InChI=1S/C33H36N4/c1-3-33(35-37(26-31-20-12-6-13-21-31)27-32-22-14-7-15-23-32)28(2)34-36(24-29-16-8-4-9-17-29)25-30-18-10-5-11-19-30/h4-23H,3,24-27H2,1-2H3. The predicted octanol–water partition coefficient (Wildman–Crippen LogP) is 7.53. The van der Waals surface area contributed by atoms with Gasteiger partial charge in [0.15, 0.2) is 0 Å². The molecular weight excluding hydrogens is 452 g/mol. The van der Waals surface area contributed by atoms with Crippen molar-refractivity contribution in [2.24, 2.45) is 10.2 Å². The molecule has 0 aliphatic carbocycles. The number of hydrogen-bond acceptors (Lipinski definition) is 4. The quantitative estimate of drug-likeness (QED) is 0.152. The van der Waals surface area contributed by atoms with Gasteiger partial charge in [-0.2, -0.15) is 10.2 Å². The first-order valence-corrected chi connectivity index (χ1v) is 13.0. The van der Waals surface area contributed by atoms with Crippen LogP contribution in [-0.4, -0.2) is 21.4 Å². The van der Waals surface area contributed by atoms with Crippen LogP contribution in [0, 0.1) is 0 Å². The van der Waals surface area contributed by atoms with Crippen molar-refractivity contribution in [1.82, 2.24) is 10.0 Å². The molecule has 0 radical (unpaired) electrons. The Hall–Kier alpha value is -4.18. The molecule has 0 atom stereocenters. The summed E-state index contributed by atoms with van der Waals surface area (Å²) in [4.78, 5) is 0. The first kappa shape index (κ1) is 25.9. The van der Waals surface area contributed by atoms with Crippen LogP contribution in [-0.2, 0) is 26.2 Å². The molecule has 0 aromatic heterocycles. The van der Waals surface area contributed by atoms with Crippen LogP contribution in [0.2, 0.25) is 0 Å². The third-order valence-electron chi connectivity index (χ3n) is 6.14. The fraction of sp³-hybridized carbons (Fsp3) is 0.212. The minimum Gasteiger partial charge on any atom is -0.288 e. The summed E-state index contributed by atoms with van der Waals surface area (Å²) in [5.41, 5.74) is 6.89. The van der Waals surface area contributed by atoms with Gasteiger partial charge in [0.25, 0.3) is 0 Å². The van der Waals surface area contributed by atoms with E-state index < -0.39 is 0 Å². The number of nitrogens with zero attached hydrogens (tertiary/aromatic N) is 4. The van der Waals surface area contributed by atoms with Crippen LogP contribution in [0.3, 0.4) is 0 Å². The van der Waals surface area contributed by atoms with Crippen molar-refractivity contribution >= 4 is 11.4 Å². The summed E-state index contributed by atoms with van der Waals surface area (Å²) in [5, 5.41) is 14.5. The Morgan fingerprint density at radius 3 is 1.08 bits per heavy atom. The van der Waals surface area contributed by atoms with Gasteiger partial charge in [0.05, 0.1) is 37.6 Å². The Morgan fingerprint density at radius 2 is 0.784 bits per heavy atom. The van der Waals surface area contributed by atoms with Gasteiger partial charge in [-0.1, -0.05) is 128 Å². The largest absolute Gasteiger partial charge is 0.288 e. The van der Waals surface area contributed by atoms with Crippen LogP contribution >= 0.6 is 0 Å². The Labute approximate surface area is 221 Å². The van der Waals surface area contributed by atoms with Crippen LogP contribution in [0.5, 0.6) is 0 Å². The maximum absolute atomic E-state index is 5.14. The molecule has 0 saturated carbocycles. The van der Waals surface area contributed by atoms with Crippen LogP contribution in [0.4, 0.5) is 0 Å². The van der Waals surface area contributed by atoms with Crippen molar-refractivity contribution in [2.45, 2.75) is 46.4 Å². The third-order valence-corrected chi connectivity index (χ3v) is 6.14. The maximum Gasteiger partial charge on any atom is 0.0832 e. The van der Waals surface area contributed by atoms with Crippen molar-refractivity contribution < 1.29 is 0 Å². The molecule has 0 aliphatic heterocycles. The second-order valence-corrected chi connectivity index (χ2v) is 9.17. The molecule has 0 unspecified atom stereocenters. The third kappa shape index (κ3) is 8.46. The van der Waals surface area contributed by atoms with E-state index in [1.807, 2.05) is 0 Å². The Balaban J connectivity index is 1.60. The van der Waals surface area contributed by atoms with Gasteiger partial charge in [-0.25, -0.2) is 0 Å². The van der Waals surface area contributed by atoms with E-state index in [2.05, 4.69) is 145 Å². The summed E-state index contributed by atoms with van der Waals surface area (Å²) >= 11 is 0. The first-order valence-electron chi connectivity index (χ1n) is 13.0. The van der Waals surface area contributed by atoms with E-state index >= 15 is 0 Å². The van der Waals surface area contributed by atoms with E-state index in [4.69, 9.17) is 10.2 Å². The topological polar surface area (TPSA) is 31.2 Å². The van der Waals surface area contributed by atoms with Gasteiger partial charge in [0.2, 0.25) is 0 Å². The fourth-order valence-electron chi connectivity index (χ4n) is 4.27. The Bertz CT molecular complexity index is 1170. The van der Waals surface area contributed by atoms with Gasteiger partial charge in [0, 0.05) is 0 Å². The average Bonchev–Trinajstić information content (AvgIpc) is 2.94. The SMILES string of the molecule is CCC(=NN(Cc1ccccc1)Cc1ccccc1)C(C)=NN(Cc1ccccc1)Cc1ccccc1. The van der Waals surface area contributed by atoms with Gasteiger partial charge in [-0.3, -0.25) is 10.0 Å². The van der Waals surface area contributed by atoms with E-state index in [0.29, 0.717) is 0 Å². The molecule has 188 valence electrons. The van der Waals surface area contributed by atoms with Crippen molar-refractivity contribution in [3.05, 3.63) is 144 Å². The second-order valence-electron chi connectivity index (χ2n) is 9.17. The maximum atomic E-state index is 5.14. The molecule has 4 aromatic carbocycles. The van der Waals surface area contributed by atoms with Gasteiger partial charge in [0.1, 0.15) is 0 Å². The second kappa shape index (κ2) is 13.8. The van der Waals surface area contributed by atoms with E-state index in [1.165, 1.54) is 22.3 Å². The van der Waals surface area contributed by atoms with Crippen LogP contribution in [0.1, 0.15) is 42.5 Å². The molecule has 0 N–H and O–H groups in total. The molecule has 0 fully saturated rings. The minimum atomic E-state index is 0.738. The molecule has 0 aliphatic rings. The lowest BCUT2D eigenvalue weighted by Gasteiger charge is -2.23. The van der Waals surface area contributed by atoms with Crippen molar-refractivity contribution in [3.8, 4) is 0 Å². The Morgan fingerprint density at radius 1 is 0.486 bits per heavy atom. The molecule has 0 heterocycles. The molecule has 4 nitrogen and oxygen atoms in total. The van der Waals surface area contributed by atoms with Crippen molar-refractivity contribution in [3.63, 3.8) is 0 Å². The van der Waals surface area contributed by atoms with Crippen molar-refractivity contribution in [2.75, 3.05) is 0 Å². The molecule has 4 aromatic rings. The fourth-order valence-corrected chi connectivity index (χ4v) is 4.27. The van der Waals surface area contributed by atoms with Gasteiger partial charge in [-0.15, -0.1) is 0 Å². The molecule has 0 bridgehead atoms. The molecule has 4 heteroatoms. The monoisotopic (exact) mass is 488 g/mol. The molecule has 4 rings (SSSR count). The number of benzene rings is 4. The normalized spacial score (nSPS) is 11.8. The predicted molar refractivity (Wildman–Crippen MR) is 155 cm³/mol. The lowest BCUT2D eigenvalue weighted by Crippen LogP contribution is -2.25. The lowest BCUT2D eigenvalue weighted by atomic mass is 10.2. The number of hydrazone groups is 2. The zero-order valence-electron chi connectivity index (χ0n) is 21.9. The molecule has 0 amide bonds. The van der Waals surface area contributed by atoms with Crippen LogP contribution in [0.25, 0.3) is 0 Å². The smallest absolute Gasteiger partial charge is 0.0832 e. The van der Waals surface area contributed by atoms with Crippen LogP contribution in [0.15, 0.2) is 132 Å². The molecule has 0 saturated heterocycles. The summed E-state index contributed by atoms with van der Waals surface area (Å²) in [6, 6.07) is 42.1. The zero-order chi connectivity index (χ0) is 25.7. The highest BCUT2D eigenvalue weighted by Gasteiger charge is 2.12.